The van der Waals surface area contributed by atoms with Crippen LogP contribution in [0.4, 0.5) is 5.82 Å². The lowest BCUT2D eigenvalue weighted by Crippen LogP contribution is -2.23. The molecule has 0 radical (unpaired) electrons. The summed E-state index contributed by atoms with van der Waals surface area (Å²) in [5.41, 5.74) is 4.56. The van der Waals surface area contributed by atoms with Crippen molar-refractivity contribution in [3.8, 4) is 11.4 Å². The standard InChI is InChI=1S/C21H19Cl2N3O3S/c1-12-3-5-18(13(2)7-12)26-21(15-10-30(28)11-17(15)25-26)24-20(27)9-29-19-6-4-14(22)8-16(19)23/h3-8H,9-11H2,1-2H3,(H,24,27). The number of aryl methyl sites for hydroxylation is 2. The molecule has 2 heterocycles. The molecule has 156 valence electrons. The number of ether oxygens (including phenoxy) is 1. The van der Waals surface area contributed by atoms with Crippen LogP contribution < -0.4 is 10.1 Å². The Hall–Kier alpha value is -2.35. The molecule has 9 heteroatoms. The molecule has 1 amide bonds. The van der Waals surface area contributed by atoms with Gasteiger partial charge in [0.1, 0.15) is 11.6 Å². The number of fused-ring (bicyclic) bond motifs is 1. The van der Waals surface area contributed by atoms with Gasteiger partial charge in [-0.1, -0.05) is 40.9 Å². The highest BCUT2D eigenvalue weighted by atomic mass is 35.5. The zero-order chi connectivity index (χ0) is 21.4. The van der Waals surface area contributed by atoms with Crippen molar-refractivity contribution in [2.45, 2.75) is 25.4 Å². The molecule has 0 spiro atoms. The highest BCUT2D eigenvalue weighted by molar-refractivity contribution is 7.83. The lowest BCUT2D eigenvalue weighted by molar-refractivity contribution is -0.118. The maximum Gasteiger partial charge on any atom is 0.263 e. The van der Waals surface area contributed by atoms with E-state index in [9.17, 15) is 9.00 Å². The second-order valence-corrected chi connectivity index (χ2v) is 9.42. The molecule has 3 aromatic rings. The van der Waals surface area contributed by atoms with Gasteiger partial charge in [0, 0.05) is 21.4 Å². The molecule has 1 N–H and O–H groups in total. The van der Waals surface area contributed by atoms with Crippen LogP contribution >= 0.6 is 23.2 Å². The molecule has 2 aromatic carbocycles. The maximum atomic E-state index is 12.6. The van der Waals surface area contributed by atoms with Crippen molar-refractivity contribution in [2.24, 2.45) is 0 Å². The van der Waals surface area contributed by atoms with Crippen LogP contribution in [-0.4, -0.2) is 26.5 Å². The summed E-state index contributed by atoms with van der Waals surface area (Å²) in [5, 5.41) is 8.33. The quantitative estimate of drug-likeness (QED) is 0.600. The Kier molecular flexibility index (Phi) is 5.86. The number of amides is 1. The van der Waals surface area contributed by atoms with Gasteiger partial charge in [0.15, 0.2) is 6.61 Å². The summed E-state index contributed by atoms with van der Waals surface area (Å²) in [5.74, 6) is 1.27. The van der Waals surface area contributed by atoms with Crippen LogP contribution in [0.15, 0.2) is 36.4 Å². The number of halogens is 2. The Balaban J connectivity index is 1.60. The number of nitrogens with zero attached hydrogens (tertiary/aromatic N) is 2. The minimum atomic E-state index is -1.01. The van der Waals surface area contributed by atoms with Gasteiger partial charge in [-0.05, 0) is 43.7 Å². The first-order valence-electron chi connectivity index (χ1n) is 9.23. The predicted molar refractivity (Wildman–Crippen MR) is 119 cm³/mol. The van der Waals surface area contributed by atoms with Gasteiger partial charge in [-0.2, -0.15) is 5.10 Å². The van der Waals surface area contributed by atoms with E-state index in [0.717, 1.165) is 28.1 Å². The molecule has 1 aliphatic heterocycles. The SMILES string of the molecule is Cc1ccc(-n2nc3c(c2NC(=O)COc2ccc(Cl)cc2Cl)CS(=O)C3)c(C)c1. The third kappa shape index (κ3) is 4.24. The fraction of sp³-hybridized carbons (Fsp3) is 0.238. The van der Waals surface area contributed by atoms with Crippen molar-refractivity contribution in [3.63, 3.8) is 0 Å². The van der Waals surface area contributed by atoms with E-state index in [-0.39, 0.29) is 12.5 Å². The van der Waals surface area contributed by atoms with Gasteiger partial charge in [0.05, 0.1) is 27.9 Å². The zero-order valence-electron chi connectivity index (χ0n) is 16.4. The summed E-state index contributed by atoms with van der Waals surface area (Å²) in [6, 6.07) is 10.8. The van der Waals surface area contributed by atoms with E-state index in [2.05, 4.69) is 16.5 Å². The first kappa shape index (κ1) is 20.9. The second kappa shape index (κ2) is 8.41. The van der Waals surface area contributed by atoms with Gasteiger partial charge >= 0.3 is 0 Å². The highest BCUT2D eigenvalue weighted by Gasteiger charge is 2.28. The first-order chi connectivity index (χ1) is 14.3. The largest absolute Gasteiger partial charge is 0.482 e. The average Bonchev–Trinajstić information content (AvgIpc) is 3.18. The maximum absolute atomic E-state index is 12.6. The van der Waals surface area contributed by atoms with Gasteiger partial charge < -0.3 is 10.1 Å². The van der Waals surface area contributed by atoms with E-state index in [0.29, 0.717) is 33.1 Å². The molecule has 6 nitrogen and oxygen atoms in total. The predicted octanol–water partition coefficient (Wildman–Crippen LogP) is 4.58. The van der Waals surface area contributed by atoms with E-state index >= 15 is 0 Å². The van der Waals surface area contributed by atoms with Gasteiger partial charge in [0.25, 0.3) is 5.91 Å². The Morgan fingerprint density at radius 2 is 2.00 bits per heavy atom. The molecular weight excluding hydrogens is 445 g/mol. The van der Waals surface area contributed by atoms with Gasteiger partial charge in [-0.15, -0.1) is 0 Å². The molecule has 0 aliphatic carbocycles. The van der Waals surface area contributed by atoms with Gasteiger partial charge in [0.2, 0.25) is 0 Å². The number of aromatic nitrogens is 2. The van der Waals surface area contributed by atoms with Crippen LogP contribution in [0.3, 0.4) is 0 Å². The molecule has 0 fully saturated rings. The zero-order valence-corrected chi connectivity index (χ0v) is 18.7. The molecular formula is C21H19Cl2N3O3S. The minimum absolute atomic E-state index is 0.239. The number of benzene rings is 2. The fourth-order valence-corrected chi connectivity index (χ4v) is 5.10. The van der Waals surface area contributed by atoms with Crippen LogP contribution in [0.25, 0.3) is 5.69 Å². The van der Waals surface area contributed by atoms with Crippen LogP contribution in [-0.2, 0) is 27.1 Å². The molecule has 0 bridgehead atoms. The molecule has 1 unspecified atom stereocenters. The number of carbonyl (C=O) groups is 1. The van der Waals surface area contributed by atoms with Crippen LogP contribution in [0.2, 0.25) is 10.0 Å². The van der Waals surface area contributed by atoms with E-state index in [1.54, 1.807) is 22.9 Å². The Bertz CT molecular complexity index is 1180. The number of nitrogens with one attached hydrogen (secondary N) is 1. The van der Waals surface area contributed by atoms with Crippen LogP contribution in [0.5, 0.6) is 5.75 Å². The smallest absolute Gasteiger partial charge is 0.263 e. The summed E-state index contributed by atoms with van der Waals surface area (Å²) in [7, 11) is -1.01. The molecule has 30 heavy (non-hydrogen) atoms. The molecule has 1 aromatic heterocycles. The third-order valence-corrected chi connectivity index (χ3v) is 6.50. The van der Waals surface area contributed by atoms with Crippen molar-refractivity contribution in [1.82, 2.24) is 9.78 Å². The number of carbonyl (C=O) groups excluding carboxylic acids is 1. The van der Waals surface area contributed by atoms with Crippen molar-refractivity contribution in [3.05, 3.63) is 68.8 Å². The Labute approximate surface area is 186 Å². The Morgan fingerprint density at radius 3 is 2.73 bits per heavy atom. The van der Waals surface area contributed by atoms with E-state index in [1.807, 2.05) is 26.0 Å². The highest BCUT2D eigenvalue weighted by Crippen LogP contribution is 2.32. The van der Waals surface area contributed by atoms with Gasteiger partial charge in [-0.25, -0.2) is 4.68 Å². The number of anilines is 1. The molecule has 0 saturated heterocycles. The van der Waals surface area contributed by atoms with Crippen molar-refractivity contribution >= 4 is 45.7 Å². The topological polar surface area (TPSA) is 73.2 Å². The summed E-state index contributed by atoms with van der Waals surface area (Å²) < 4.78 is 19.3. The lowest BCUT2D eigenvalue weighted by atomic mass is 10.1. The third-order valence-electron chi connectivity index (χ3n) is 4.76. The Morgan fingerprint density at radius 1 is 1.20 bits per heavy atom. The van der Waals surface area contributed by atoms with Crippen molar-refractivity contribution < 1.29 is 13.7 Å². The lowest BCUT2D eigenvalue weighted by Gasteiger charge is -2.14. The monoisotopic (exact) mass is 463 g/mol. The average molecular weight is 464 g/mol. The van der Waals surface area contributed by atoms with Crippen molar-refractivity contribution in [1.29, 1.82) is 0 Å². The molecule has 1 atom stereocenters. The van der Waals surface area contributed by atoms with E-state index < -0.39 is 10.8 Å². The molecule has 0 saturated carbocycles. The molecule has 1 aliphatic rings. The summed E-state index contributed by atoms with van der Waals surface area (Å²) in [6.45, 7) is 3.77. The second-order valence-electron chi connectivity index (χ2n) is 7.12. The molecule has 4 rings (SSSR count). The first-order valence-corrected chi connectivity index (χ1v) is 11.5. The summed E-state index contributed by atoms with van der Waals surface area (Å²) in [6.07, 6.45) is 0. The summed E-state index contributed by atoms with van der Waals surface area (Å²) in [4.78, 5) is 12.6. The van der Waals surface area contributed by atoms with Crippen LogP contribution in [0, 0.1) is 13.8 Å². The summed E-state index contributed by atoms with van der Waals surface area (Å²) >= 11 is 12.0. The van der Waals surface area contributed by atoms with Gasteiger partial charge in [-0.3, -0.25) is 9.00 Å². The van der Waals surface area contributed by atoms with E-state index in [1.165, 1.54) is 0 Å². The van der Waals surface area contributed by atoms with E-state index in [4.69, 9.17) is 27.9 Å². The normalized spacial score (nSPS) is 15.1. The number of rotatable bonds is 5. The van der Waals surface area contributed by atoms with Crippen LogP contribution in [0.1, 0.15) is 22.4 Å². The number of hydrogen-bond donors (Lipinski definition) is 1. The van der Waals surface area contributed by atoms with Crippen molar-refractivity contribution in [2.75, 3.05) is 11.9 Å². The fourth-order valence-electron chi connectivity index (χ4n) is 3.38. The number of hydrogen-bond acceptors (Lipinski definition) is 4. The minimum Gasteiger partial charge on any atom is -0.482 e.